The van der Waals surface area contributed by atoms with Crippen LogP contribution in [0.25, 0.3) is 0 Å². The highest BCUT2D eigenvalue weighted by molar-refractivity contribution is 6.09. The molecule has 2 N–H and O–H groups in total. The molecule has 6 rings (SSSR count). The van der Waals surface area contributed by atoms with Gasteiger partial charge in [0, 0.05) is 5.54 Å². The van der Waals surface area contributed by atoms with Gasteiger partial charge in [-0.2, -0.15) is 0 Å². The Morgan fingerprint density at radius 1 is 1.07 bits per heavy atom. The summed E-state index contributed by atoms with van der Waals surface area (Å²) in [5, 5.41) is 6.04. The van der Waals surface area contributed by atoms with Crippen LogP contribution in [0.5, 0.6) is 0 Å². The second-order valence-electron chi connectivity index (χ2n) is 10.1. The number of carbonyl (C=O) groups excluding carboxylic acids is 3. The van der Waals surface area contributed by atoms with Gasteiger partial charge in [-0.25, -0.2) is 4.79 Å². The van der Waals surface area contributed by atoms with Crippen LogP contribution in [-0.4, -0.2) is 34.8 Å². The highest BCUT2D eigenvalue weighted by atomic mass is 16.2. The van der Waals surface area contributed by atoms with E-state index in [2.05, 4.69) is 10.6 Å². The Morgan fingerprint density at radius 2 is 1.62 bits per heavy atom. The topological polar surface area (TPSA) is 78.5 Å². The van der Waals surface area contributed by atoms with Gasteiger partial charge in [0.1, 0.15) is 12.1 Å². The molecule has 4 aliphatic carbocycles. The Labute approximate surface area is 171 Å². The fourth-order valence-corrected chi connectivity index (χ4v) is 6.67. The number of carbonyl (C=O) groups is 3. The second kappa shape index (κ2) is 6.31. The molecule has 1 aromatic carbocycles. The first-order valence-electron chi connectivity index (χ1n) is 10.8. The Hall–Kier alpha value is -2.37. The fourth-order valence-electron chi connectivity index (χ4n) is 6.67. The maximum atomic E-state index is 13.1. The van der Waals surface area contributed by atoms with Crippen LogP contribution >= 0.6 is 0 Å². The highest BCUT2D eigenvalue weighted by Gasteiger charge is 2.53. The Kier molecular flexibility index (Phi) is 4.06. The molecule has 4 saturated carbocycles. The van der Waals surface area contributed by atoms with Crippen LogP contribution < -0.4 is 10.6 Å². The number of urea groups is 1. The summed E-state index contributed by atoms with van der Waals surface area (Å²) >= 11 is 0. The molecule has 1 aliphatic heterocycles. The number of amides is 4. The summed E-state index contributed by atoms with van der Waals surface area (Å²) in [5.74, 6) is 1.59. The average Bonchev–Trinajstić information content (AvgIpc) is 2.84. The molecule has 4 amide bonds. The summed E-state index contributed by atoms with van der Waals surface area (Å²) < 4.78 is 0. The number of nitrogens with one attached hydrogen (secondary N) is 2. The van der Waals surface area contributed by atoms with E-state index >= 15 is 0 Å². The molecule has 29 heavy (non-hydrogen) atoms. The summed E-state index contributed by atoms with van der Waals surface area (Å²) in [5.41, 5.74) is 0.559. The van der Waals surface area contributed by atoms with Gasteiger partial charge in [-0.3, -0.25) is 14.5 Å². The van der Waals surface area contributed by atoms with Crippen molar-refractivity contribution in [3.63, 3.8) is 0 Å². The third kappa shape index (κ3) is 3.04. The van der Waals surface area contributed by atoms with Crippen LogP contribution in [0.3, 0.4) is 0 Å². The number of hydrogen-bond acceptors (Lipinski definition) is 3. The molecule has 5 fully saturated rings. The van der Waals surface area contributed by atoms with Crippen LogP contribution in [0.15, 0.2) is 24.3 Å². The van der Waals surface area contributed by atoms with Gasteiger partial charge < -0.3 is 10.6 Å². The number of imide groups is 1. The lowest BCUT2D eigenvalue weighted by atomic mass is 9.53. The largest absolute Gasteiger partial charge is 0.349 e. The second-order valence-corrected chi connectivity index (χ2v) is 10.1. The van der Waals surface area contributed by atoms with E-state index in [0.717, 1.165) is 53.0 Å². The lowest BCUT2D eigenvalue weighted by molar-refractivity contribution is -0.136. The van der Waals surface area contributed by atoms with Gasteiger partial charge in [0.05, 0.1) is 0 Å². The van der Waals surface area contributed by atoms with E-state index in [1.807, 2.05) is 31.2 Å². The van der Waals surface area contributed by atoms with Gasteiger partial charge >= 0.3 is 6.03 Å². The zero-order valence-electron chi connectivity index (χ0n) is 17.2. The SMILES string of the molecule is Cc1ccc([C@@]2(C)NC(=O)N(CC(=O)NC34CC5CC(CC(C5)C3)C4)C2=O)cc1. The van der Waals surface area contributed by atoms with Crippen molar-refractivity contribution in [2.24, 2.45) is 17.8 Å². The van der Waals surface area contributed by atoms with E-state index in [1.54, 1.807) is 6.92 Å². The zero-order valence-corrected chi connectivity index (χ0v) is 17.2. The van der Waals surface area contributed by atoms with Crippen molar-refractivity contribution in [2.75, 3.05) is 6.54 Å². The molecule has 1 heterocycles. The zero-order chi connectivity index (χ0) is 20.4. The average molecular weight is 396 g/mol. The quantitative estimate of drug-likeness (QED) is 0.770. The normalized spacial score (nSPS) is 37.7. The summed E-state index contributed by atoms with van der Waals surface area (Å²) in [4.78, 5) is 39.6. The van der Waals surface area contributed by atoms with Gasteiger partial charge in [0.2, 0.25) is 5.91 Å². The first-order chi connectivity index (χ1) is 13.8. The molecule has 0 spiro atoms. The fraction of sp³-hybridized carbons (Fsp3) is 0.609. The van der Waals surface area contributed by atoms with Crippen LogP contribution in [0, 0.1) is 24.7 Å². The monoisotopic (exact) mass is 395 g/mol. The summed E-state index contributed by atoms with van der Waals surface area (Å²) in [6.07, 6.45) is 7.05. The minimum Gasteiger partial charge on any atom is -0.349 e. The third-order valence-corrected chi connectivity index (χ3v) is 7.65. The molecule has 1 saturated heterocycles. The summed E-state index contributed by atoms with van der Waals surface area (Å²) in [7, 11) is 0. The van der Waals surface area contributed by atoms with E-state index in [-0.39, 0.29) is 23.9 Å². The highest BCUT2D eigenvalue weighted by Crippen LogP contribution is 2.55. The Morgan fingerprint density at radius 3 is 2.17 bits per heavy atom. The van der Waals surface area contributed by atoms with Gasteiger partial charge in [0.15, 0.2) is 0 Å². The molecule has 4 bridgehead atoms. The molecule has 1 aromatic rings. The number of nitrogens with zero attached hydrogens (tertiary/aromatic N) is 1. The number of benzene rings is 1. The minimum absolute atomic E-state index is 0.120. The number of rotatable bonds is 4. The molecule has 0 aromatic heterocycles. The molecule has 0 unspecified atom stereocenters. The molecular weight excluding hydrogens is 366 g/mol. The van der Waals surface area contributed by atoms with E-state index in [4.69, 9.17) is 0 Å². The van der Waals surface area contributed by atoms with Crippen molar-refractivity contribution in [1.82, 2.24) is 15.5 Å². The lowest BCUT2D eigenvalue weighted by Crippen LogP contribution is -2.61. The minimum atomic E-state index is -1.13. The van der Waals surface area contributed by atoms with Crippen LogP contribution in [0.1, 0.15) is 56.6 Å². The van der Waals surface area contributed by atoms with Crippen molar-refractivity contribution < 1.29 is 14.4 Å². The standard InChI is InChI=1S/C23H29N3O3/c1-14-3-5-18(6-4-14)22(2)20(28)26(21(29)25-22)13-19(27)24-23-10-15-7-16(11-23)9-17(8-15)12-23/h3-6,15-17H,7-13H2,1-2H3,(H,24,27)(H,25,29)/t15?,16?,17?,22-,23?/m1/s1. The van der Waals surface area contributed by atoms with E-state index in [9.17, 15) is 14.4 Å². The summed E-state index contributed by atoms with van der Waals surface area (Å²) in [6, 6.07) is 7.04. The van der Waals surface area contributed by atoms with Gasteiger partial charge in [0.25, 0.3) is 5.91 Å². The van der Waals surface area contributed by atoms with E-state index in [1.165, 1.54) is 19.3 Å². The predicted octanol–water partition coefficient (Wildman–Crippen LogP) is 2.85. The molecule has 5 aliphatic rings. The Balaban J connectivity index is 1.29. The van der Waals surface area contributed by atoms with Crippen LogP contribution in [-0.2, 0) is 15.1 Å². The van der Waals surface area contributed by atoms with Crippen molar-refractivity contribution in [3.8, 4) is 0 Å². The molecule has 154 valence electrons. The van der Waals surface area contributed by atoms with Gasteiger partial charge in [-0.1, -0.05) is 29.8 Å². The maximum absolute atomic E-state index is 13.1. The predicted molar refractivity (Wildman–Crippen MR) is 108 cm³/mol. The van der Waals surface area contributed by atoms with Crippen LogP contribution in [0.4, 0.5) is 4.79 Å². The van der Waals surface area contributed by atoms with Crippen molar-refractivity contribution >= 4 is 17.8 Å². The molecule has 6 nitrogen and oxygen atoms in total. The molecule has 0 radical (unpaired) electrons. The van der Waals surface area contributed by atoms with Crippen molar-refractivity contribution in [3.05, 3.63) is 35.4 Å². The lowest BCUT2D eigenvalue weighted by Gasteiger charge is -2.56. The van der Waals surface area contributed by atoms with Crippen molar-refractivity contribution in [2.45, 2.75) is 63.5 Å². The molecular formula is C23H29N3O3. The maximum Gasteiger partial charge on any atom is 0.325 e. The molecule has 1 atom stereocenters. The van der Waals surface area contributed by atoms with Gasteiger partial charge in [-0.15, -0.1) is 0 Å². The molecule has 6 heteroatoms. The third-order valence-electron chi connectivity index (χ3n) is 7.65. The first kappa shape index (κ1) is 18.6. The number of hydrogen-bond donors (Lipinski definition) is 2. The van der Waals surface area contributed by atoms with Crippen molar-refractivity contribution in [1.29, 1.82) is 0 Å². The summed E-state index contributed by atoms with van der Waals surface area (Å²) in [6.45, 7) is 3.46. The van der Waals surface area contributed by atoms with E-state index in [0.29, 0.717) is 0 Å². The van der Waals surface area contributed by atoms with Crippen LogP contribution in [0.2, 0.25) is 0 Å². The number of aryl methyl sites for hydroxylation is 1. The van der Waals surface area contributed by atoms with E-state index < -0.39 is 11.6 Å². The Bertz CT molecular complexity index is 843. The smallest absolute Gasteiger partial charge is 0.325 e. The first-order valence-corrected chi connectivity index (χ1v) is 10.8. The van der Waals surface area contributed by atoms with Gasteiger partial charge in [-0.05, 0) is 75.7 Å².